The van der Waals surface area contributed by atoms with E-state index < -0.39 is 11.7 Å². The second kappa shape index (κ2) is 4.96. The van der Waals surface area contributed by atoms with Crippen LogP contribution in [0.1, 0.15) is 15.4 Å². The zero-order valence-electron chi connectivity index (χ0n) is 11.6. The average molecular weight is 317 g/mol. The summed E-state index contributed by atoms with van der Waals surface area (Å²) in [4.78, 5) is 15.9. The number of carbonyl (C=O) groups excluding carboxylic acids is 1. The number of hydrogen-bond donors (Lipinski definition) is 3. The van der Waals surface area contributed by atoms with Gasteiger partial charge in [-0.25, -0.2) is 9.37 Å². The van der Waals surface area contributed by atoms with Crippen LogP contribution >= 0.6 is 11.3 Å². The number of phenolic OH excluding ortho intramolecular Hbond substituents is 1. The van der Waals surface area contributed by atoms with E-state index in [1.807, 2.05) is 0 Å². The molecular weight excluding hydrogens is 305 g/mol. The van der Waals surface area contributed by atoms with Crippen molar-refractivity contribution in [1.82, 2.24) is 4.98 Å². The fourth-order valence-corrected chi connectivity index (χ4v) is 3.34. The van der Waals surface area contributed by atoms with E-state index in [9.17, 15) is 14.3 Å². The summed E-state index contributed by atoms with van der Waals surface area (Å²) < 4.78 is 14.8. The number of aromatic hydroxyl groups is 1. The van der Waals surface area contributed by atoms with Crippen LogP contribution in [0.25, 0.3) is 21.3 Å². The summed E-state index contributed by atoms with van der Waals surface area (Å²) in [7, 11) is 0. The zero-order chi connectivity index (χ0) is 16.0. The standard InChI is InChI=1S/C15H12FN3O2S/c1-6-19-11-5-9(15(18)21)13(17)12(14(11)22-6)8-4-7(20)2-3-10(8)16/h2-5,20H,17H2,1H3,(H2,18,21). The number of nitrogens with two attached hydrogens (primary N) is 2. The third-order valence-electron chi connectivity index (χ3n) is 3.31. The number of nitrogen functional groups attached to an aromatic ring is 1. The van der Waals surface area contributed by atoms with Gasteiger partial charge in [0.05, 0.1) is 26.5 Å². The number of fused-ring (bicyclic) bond motifs is 1. The summed E-state index contributed by atoms with van der Waals surface area (Å²) in [6, 6.07) is 5.14. The lowest BCUT2D eigenvalue weighted by molar-refractivity contribution is 0.100. The van der Waals surface area contributed by atoms with Gasteiger partial charge in [0.25, 0.3) is 5.91 Å². The van der Waals surface area contributed by atoms with Crippen LogP contribution in [-0.2, 0) is 0 Å². The number of aryl methyl sites for hydroxylation is 1. The maximum Gasteiger partial charge on any atom is 0.250 e. The number of aromatic nitrogens is 1. The summed E-state index contributed by atoms with van der Waals surface area (Å²) in [6.07, 6.45) is 0. The van der Waals surface area contributed by atoms with Crippen molar-refractivity contribution in [3.63, 3.8) is 0 Å². The van der Waals surface area contributed by atoms with Crippen LogP contribution in [0.2, 0.25) is 0 Å². The Morgan fingerprint density at radius 3 is 2.77 bits per heavy atom. The molecule has 112 valence electrons. The normalized spacial score (nSPS) is 11.0. The second-order valence-corrected chi connectivity index (χ2v) is 6.03. The lowest BCUT2D eigenvalue weighted by Gasteiger charge is -2.12. The molecule has 1 aromatic heterocycles. The van der Waals surface area contributed by atoms with Crippen molar-refractivity contribution in [3.05, 3.63) is 40.7 Å². The van der Waals surface area contributed by atoms with Crippen LogP contribution in [0.4, 0.5) is 10.1 Å². The third kappa shape index (κ3) is 2.15. The third-order valence-corrected chi connectivity index (χ3v) is 4.32. The molecule has 5 N–H and O–H groups in total. The Labute approximate surface area is 129 Å². The van der Waals surface area contributed by atoms with Crippen LogP contribution < -0.4 is 11.5 Å². The summed E-state index contributed by atoms with van der Waals surface area (Å²) in [5.41, 5.74) is 12.5. The summed E-state index contributed by atoms with van der Waals surface area (Å²) in [5, 5.41) is 10.4. The van der Waals surface area contributed by atoms with Gasteiger partial charge in [0.1, 0.15) is 11.6 Å². The van der Waals surface area contributed by atoms with Crippen molar-refractivity contribution in [2.24, 2.45) is 5.73 Å². The molecule has 0 aliphatic heterocycles. The van der Waals surface area contributed by atoms with Gasteiger partial charge in [-0.15, -0.1) is 11.3 Å². The number of primary amides is 1. The first-order valence-electron chi connectivity index (χ1n) is 6.36. The Bertz CT molecular complexity index is 921. The quantitative estimate of drug-likeness (QED) is 0.632. The molecule has 0 saturated carbocycles. The smallest absolute Gasteiger partial charge is 0.250 e. The topological polar surface area (TPSA) is 102 Å². The highest BCUT2D eigenvalue weighted by Gasteiger charge is 2.21. The van der Waals surface area contributed by atoms with Crippen LogP contribution in [0, 0.1) is 12.7 Å². The molecule has 1 amide bonds. The molecule has 0 atom stereocenters. The van der Waals surface area contributed by atoms with Crippen molar-refractivity contribution in [1.29, 1.82) is 0 Å². The Hall–Kier alpha value is -2.67. The number of halogens is 1. The van der Waals surface area contributed by atoms with Gasteiger partial charge in [-0.05, 0) is 31.2 Å². The second-order valence-electron chi connectivity index (χ2n) is 4.82. The number of rotatable bonds is 2. The highest BCUT2D eigenvalue weighted by atomic mass is 32.1. The summed E-state index contributed by atoms with van der Waals surface area (Å²) in [5.74, 6) is -1.37. The molecule has 22 heavy (non-hydrogen) atoms. The fourth-order valence-electron chi connectivity index (χ4n) is 2.37. The maximum absolute atomic E-state index is 14.2. The van der Waals surface area contributed by atoms with E-state index in [-0.39, 0.29) is 22.6 Å². The minimum atomic E-state index is -0.716. The molecule has 3 rings (SSSR count). The van der Waals surface area contributed by atoms with Crippen molar-refractivity contribution >= 4 is 33.1 Å². The molecule has 2 aromatic carbocycles. The van der Waals surface area contributed by atoms with Gasteiger partial charge in [-0.3, -0.25) is 4.79 Å². The van der Waals surface area contributed by atoms with Gasteiger partial charge in [0, 0.05) is 11.1 Å². The molecule has 0 unspecified atom stereocenters. The van der Waals surface area contributed by atoms with Gasteiger partial charge in [0.15, 0.2) is 0 Å². The van der Waals surface area contributed by atoms with Gasteiger partial charge in [-0.2, -0.15) is 0 Å². The number of nitrogens with zero attached hydrogens (tertiary/aromatic N) is 1. The first kappa shape index (κ1) is 14.3. The molecule has 7 heteroatoms. The molecule has 0 bridgehead atoms. The van der Waals surface area contributed by atoms with Gasteiger partial charge in [0.2, 0.25) is 0 Å². The number of carbonyl (C=O) groups is 1. The predicted octanol–water partition coefficient (Wildman–Crippen LogP) is 2.80. The van der Waals surface area contributed by atoms with E-state index in [2.05, 4.69) is 4.98 Å². The zero-order valence-corrected chi connectivity index (χ0v) is 12.4. The molecule has 1 heterocycles. The number of anilines is 1. The van der Waals surface area contributed by atoms with Gasteiger partial charge in [-0.1, -0.05) is 0 Å². The molecule has 5 nitrogen and oxygen atoms in total. The van der Waals surface area contributed by atoms with E-state index in [4.69, 9.17) is 11.5 Å². The van der Waals surface area contributed by atoms with E-state index in [0.29, 0.717) is 15.8 Å². The number of amides is 1. The summed E-state index contributed by atoms with van der Waals surface area (Å²) in [6.45, 7) is 1.80. The number of hydrogen-bond acceptors (Lipinski definition) is 5. The first-order valence-corrected chi connectivity index (χ1v) is 7.18. The summed E-state index contributed by atoms with van der Waals surface area (Å²) >= 11 is 1.33. The van der Waals surface area contributed by atoms with Crippen molar-refractivity contribution < 1.29 is 14.3 Å². The van der Waals surface area contributed by atoms with E-state index >= 15 is 0 Å². The first-order chi connectivity index (χ1) is 10.4. The number of benzene rings is 2. The minimum absolute atomic E-state index is 0.0770. The number of thiazole rings is 1. The highest BCUT2D eigenvalue weighted by Crippen LogP contribution is 2.41. The molecule has 0 aliphatic rings. The molecule has 0 spiro atoms. The van der Waals surface area contributed by atoms with Crippen molar-refractivity contribution in [3.8, 4) is 16.9 Å². The average Bonchev–Trinajstić information content (AvgIpc) is 2.81. The minimum Gasteiger partial charge on any atom is -0.508 e. The highest BCUT2D eigenvalue weighted by molar-refractivity contribution is 7.19. The van der Waals surface area contributed by atoms with Crippen LogP contribution in [0.3, 0.4) is 0 Å². The van der Waals surface area contributed by atoms with Crippen LogP contribution in [-0.4, -0.2) is 16.0 Å². The monoisotopic (exact) mass is 317 g/mol. The van der Waals surface area contributed by atoms with Gasteiger partial charge < -0.3 is 16.6 Å². The van der Waals surface area contributed by atoms with Crippen LogP contribution in [0.15, 0.2) is 24.3 Å². The van der Waals surface area contributed by atoms with E-state index in [0.717, 1.165) is 11.1 Å². The van der Waals surface area contributed by atoms with Crippen molar-refractivity contribution in [2.45, 2.75) is 6.92 Å². The largest absolute Gasteiger partial charge is 0.508 e. The molecule has 0 fully saturated rings. The lowest BCUT2D eigenvalue weighted by Crippen LogP contribution is -2.14. The Kier molecular flexibility index (Phi) is 3.22. The lowest BCUT2D eigenvalue weighted by atomic mass is 9.98. The predicted molar refractivity (Wildman–Crippen MR) is 84.3 cm³/mol. The Balaban J connectivity index is 2.48. The van der Waals surface area contributed by atoms with Crippen molar-refractivity contribution in [2.75, 3.05) is 5.73 Å². The molecule has 0 aliphatic carbocycles. The van der Waals surface area contributed by atoms with Crippen LogP contribution in [0.5, 0.6) is 5.75 Å². The van der Waals surface area contributed by atoms with E-state index in [1.165, 1.54) is 29.5 Å². The fraction of sp³-hybridized carbons (Fsp3) is 0.0667. The van der Waals surface area contributed by atoms with Gasteiger partial charge >= 0.3 is 0 Å². The molecule has 0 radical (unpaired) electrons. The molecular formula is C15H12FN3O2S. The SMILES string of the molecule is Cc1nc2cc(C(N)=O)c(N)c(-c3cc(O)ccc3F)c2s1. The Morgan fingerprint density at radius 1 is 1.36 bits per heavy atom. The Morgan fingerprint density at radius 2 is 2.09 bits per heavy atom. The maximum atomic E-state index is 14.2. The molecule has 0 saturated heterocycles. The van der Waals surface area contributed by atoms with E-state index in [1.54, 1.807) is 6.92 Å². The number of phenols is 1. The molecule has 3 aromatic rings.